The van der Waals surface area contributed by atoms with Crippen molar-refractivity contribution < 1.29 is 9.53 Å². The number of hydrogen-bond acceptors (Lipinski definition) is 2. The zero-order chi connectivity index (χ0) is 11.7. The number of fused-ring (bicyclic) bond motifs is 1. The third kappa shape index (κ3) is 1.58. The lowest BCUT2D eigenvalue weighted by atomic mass is 10.2. The number of aryl methyl sites for hydroxylation is 1. The minimum atomic E-state index is -0.276. The first-order chi connectivity index (χ1) is 7.65. The van der Waals surface area contributed by atoms with Gasteiger partial charge in [0, 0.05) is 24.4 Å². The highest BCUT2D eigenvalue weighted by atomic mass is 16.5. The summed E-state index contributed by atoms with van der Waals surface area (Å²) in [7, 11) is 0. The molecule has 3 heteroatoms. The van der Waals surface area contributed by atoms with E-state index in [0.29, 0.717) is 5.75 Å². The molecule has 2 rings (SSSR count). The molecular weight excluding hydrogens is 202 g/mol. The molecule has 0 aliphatic rings. The Bertz CT molecular complexity index is 540. The molecule has 0 amide bonds. The van der Waals surface area contributed by atoms with Crippen LogP contribution in [0.5, 0.6) is 5.75 Å². The summed E-state index contributed by atoms with van der Waals surface area (Å²) < 4.78 is 7.36. The SMILES string of the molecule is CCc1c(C)c(OC(C)=O)c2ccccn12. The summed E-state index contributed by atoms with van der Waals surface area (Å²) in [5.74, 6) is 0.409. The summed E-state index contributed by atoms with van der Waals surface area (Å²) in [6, 6.07) is 5.88. The van der Waals surface area contributed by atoms with Crippen molar-refractivity contribution in [1.29, 1.82) is 0 Å². The average Bonchev–Trinajstić information content (AvgIpc) is 2.52. The summed E-state index contributed by atoms with van der Waals surface area (Å²) in [5.41, 5.74) is 3.18. The Morgan fingerprint density at radius 1 is 1.44 bits per heavy atom. The van der Waals surface area contributed by atoms with E-state index in [-0.39, 0.29) is 5.97 Å². The first-order valence-corrected chi connectivity index (χ1v) is 5.42. The number of esters is 1. The van der Waals surface area contributed by atoms with Gasteiger partial charge in [0.05, 0.1) is 5.52 Å². The second-order valence-corrected chi connectivity index (χ2v) is 3.80. The maximum atomic E-state index is 11.1. The van der Waals surface area contributed by atoms with E-state index in [2.05, 4.69) is 11.3 Å². The monoisotopic (exact) mass is 217 g/mol. The van der Waals surface area contributed by atoms with Gasteiger partial charge in [0.15, 0.2) is 5.75 Å². The van der Waals surface area contributed by atoms with Crippen LogP contribution in [0.1, 0.15) is 25.1 Å². The van der Waals surface area contributed by atoms with E-state index in [1.165, 1.54) is 12.6 Å². The molecule has 0 N–H and O–H groups in total. The van der Waals surface area contributed by atoms with Crippen LogP contribution in [0.25, 0.3) is 5.52 Å². The van der Waals surface area contributed by atoms with Gasteiger partial charge in [-0.2, -0.15) is 0 Å². The highest BCUT2D eigenvalue weighted by Crippen LogP contribution is 2.30. The fourth-order valence-electron chi connectivity index (χ4n) is 2.08. The second kappa shape index (κ2) is 4.00. The van der Waals surface area contributed by atoms with Gasteiger partial charge < -0.3 is 9.14 Å². The molecule has 0 spiro atoms. The van der Waals surface area contributed by atoms with Gasteiger partial charge in [-0.15, -0.1) is 0 Å². The summed E-state index contributed by atoms with van der Waals surface area (Å²) in [4.78, 5) is 11.1. The molecule has 0 saturated heterocycles. The minimum absolute atomic E-state index is 0.276. The molecule has 0 aliphatic carbocycles. The molecule has 0 saturated carbocycles. The molecular formula is C13H15NO2. The minimum Gasteiger partial charge on any atom is -0.424 e. The van der Waals surface area contributed by atoms with E-state index in [1.807, 2.05) is 31.3 Å². The lowest BCUT2D eigenvalue weighted by Crippen LogP contribution is -2.01. The number of hydrogen-bond donors (Lipinski definition) is 0. The number of ether oxygens (including phenoxy) is 1. The second-order valence-electron chi connectivity index (χ2n) is 3.80. The first kappa shape index (κ1) is 10.7. The van der Waals surface area contributed by atoms with Crippen molar-refractivity contribution in [3.05, 3.63) is 35.7 Å². The van der Waals surface area contributed by atoms with Crippen LogP contribution in [0.2, 0.25) is 0 Å². The van der Waals surface area contributed by atoms with E-state index in [1.54, 1.807) is 0 Å². The maximum Gasteiger partial charge on any atom is 0.308 e. The molecule has 2 heterocycles. The van der Waals surface area contributed by atoms with E-state index in [0.717, 1.165) is 17.5 Å². The molecule has 3 nitrogen and oxygen atoms in total. The number of aromatic nitrogens is 1. The Kier molecular flexibility index (Phi) is 2.69. The molecule has 0 radical (unpaired) electrons. The molecule has 0 fully saturated rings. The van der Waals surface area contributed by atoms with Crippen LogP contribution >= 0.6 is 0 Å². The molecule has 84 valence electrons. The summed E-state index contributed by atoms with van der Waals surface area (Å²) in [6.07, 6.45) is 2.91. The lowest BCUT2D eigenvalue weighted by molar-refractivity contribution is -0.131. The molecule has 0 aromatic carbocycles. The third-order valence-electron chi connectivity index (χ3n) is 2.74. The Morgan fingerprint density at radius 2 is 2.19 bits per heavy atom. The van der Waals surface area contributed by atoms with Crippen LogP contribution in [-0.2, 0) is 11.2 Å². The van der Waals surface area contributed by atoms with E-state index >= 15 is 0 Å². The predicted molar refractivity (Wildman–Crippen MR) is 62.8 cm³/mol. The average molecular weight is 217 g/mol. The van der Waals surface area contributed by atoms with Crippen molar-refractivity contribution in [3.63, 3.8) is 0 Å². The van der Waals surface area contributed by atoms with Crippen LogP contribution in [0.3, 0.4) is 0 Å². The fourth-order valence-corrected chi connectivity index (χ4v) is 2.08. The Balaban J connectivity index is 2.71. The standard InChI is InChI=1S/C13H15NO2/c1-4-11-9(2)13(16-10(3)15)12-7-5-6-8-14(11)12/h5-8H,4H2,1-3H3. The van der Waals surface area contributed by atoms with E-state index < -0.39 is 0 Å². The van der Waals surface area contributed by atoms with Gasteiger partial charge >= 0.3 is 5.97 Å². The fraction of sp³-hybridized carbons (Fsp3) is 0.308. The molecule has 16 heavy (non-hydrogen) atoms. The van der Waals surface area contributed by atoms with Crippen molar-refractivity contribution in [1.82, 2.24) is 4.40 Å². The van der Waals surface area contributed by atoms with Gasteiger partial charge in [-0.25, -0.2) is 0 Å². The van der Waals surface area contributed by atoms with Gasteiger partial charge in [0.2, 0.25) is 0 Å². The number of carbonyl (C=O) groups excluding carboxylic acids is 1. The van der Waals surface area contributed by atoms with Gasteiger partial charge in [0.1, 0.15) is 0 Å². The van der Waals surface area contributed by atoms with Crippen LogP contribution in [0.15, 0.2) is 24.4 Å². The van der Waals surface area contributed by atoms with Crippen molar-refractivity contribution in [3.8, 4) is 5.75 Å². The maximum absolute atomic E-state index is 11.1. The summed E-state index contributed by atoms with van der Waals surface area (Å²) >= 11 is 0. The molecule has 2 aromatic rings. The third-order valence-corrected chi connectivity index (χ3v) is 2.74. The van der Waals surface area contributed by atoms with Crippen LogP contribution in [-0.4, -0.2) is 10.4 Å². The normalized spacial score (nSPS) is 10.7. The van der Waals surface area contributed by atoms with Gasteiger partial charge in [-0.3, -0.25) is 4.79 Å². The van der Waals surface area contributed by atoms with Gasteiger partial charge in [0.25, 0.3) is 0 Å². The van der Waals surface area contributed by atoms with Crippen molar-refractivity contribution in [2.75, 3.05) is 0 Å². The number of carbonyl (C=O) groups is 1. The zero-order valence-electron chi connectivity index (χ0n) is 9.78. The topological polar surface area (TPSA) is 30.7 Å². The Morgan fingerprint density at radius 3 is 2.81 bits per heavy atom. The molecule has 0 unspecified atom stereocenters. The van der Waals surface area contributed by atoms with Gasteiger partial charge in [-0.05, 0) is 25.5 Å². The van der Waals surface area contributed by atoms with Crippen LogP contribution in [0, 0.1) is 6.92 Å². The van der Waals surface area contributed by atoms with Crippen molar-refractivity contribution in [2.45, 2.75) is 27.2 Å². The largest absolute Gasteiger partial charge is 0.424 e. The van der Waals surface area contributed by atoms with Crippen LogP contribution < -0.4 is 4.74 Å². The highest BCUT2D eigenvalue weighted by molar-refractivity contribution is 5.76. The highest BCUT2D eigenvalue weighted by Gasteiger charge is 2.15. The Hall–Kier alpha value is -1.77. The number of nitrogens with zero attached hydrogens (tertiary/aromatic N) is 1. The molecule has 2 aromatic heterocycles. The number of rotatable bonds is 2. The number of pyridine rings is 1. The van der Waals surface area contributed by atoms with Gasteiger partial charge in [-0.1, -0.05) is 13.0 Å². The molecule has 0 atom stereocenters. The zero-order valence-corrected chi connectivity index (χ0v) is 9.78. The van der Waals surface area contributed by atoms with Crippen molar-refractivity contribution in [2.24, 2.45) is 0 Å². The van der Waals surface area contributed by atoms with Crippen LogP contribution in [0.4, 0.5) is 0 Å². The molecule has 0 aliphatic heterocycles. The van der Waals surface area contributed by atoms with Crippen molar-refractivity contribution >= 4 is 11.5 Å². The smallest absolute Gasteiger partial charge is 0.308 e. The first-order valence-electron chi connectivity index (χ1n) is 5.42. The molecule has 0 bridgehead atoms. The lowest BCUT2D eigenvalue weighted by Gasteiger charge is -2.00. The predicted octanol–water partition coefficient (Wildman–Crippen LogP) is 2.74. The van der Waals surface area contributed by atoms with E-state index in [4.69, 9.17) is 4.74 Å². The Labute approximate surface area is 94.6 Å². The summed E-state index contributed by atoms with van der Waals surface area (Å²) in [5, 5.41) is 0. The quantitative estimate of drug-likeness (QED) is 0.724. The van der Waals surface area contributed by atoms with E-state index in [9.17, 15) is 4.79 Å². The summed E-state index contributed by atoms with van der Waals surface area (Å²) in [6.45, 7) is 5.51.